The van der Waals surface area contributed by atoms with Gasteiger partial charge in [-0.05, 0) is 37.8 Å². The molecule has 3 rings (SSSR count). The van der Waals surface area contributed by atoms with Gasteiger partial charge in [0.2, 0.25) is 5.91 Å². The SMILES string of the molecule is CC(CO)(NC(=O)Cc1csc(-c2ccccn2)n1)C1CC1. The van der Waals surface area contributed by atoms with Crippen LogP contribution in [0.3, 0.4) is 0 Å². The third-order valence-corrected chi connectivity index (χ3v) is 4.92. The Morgan fingerprint density at radius 2 is 2.32 bits per heavy atom. The molecule has 2 N–H and O–H groups in total. The number of carbonyl (C=O) groups is 1. The lowest BCUT2D eigenvalue weighted by molar-refractivity contribution is -0.123. The van der Waals surface area contributed by atoms with E-state index in [4.69, 9.17) is 0 Å². The minimum Gasteiger partial charge on any atom is -0.394 e. The Morgan fingerprint density at radius 3 is 2.95 bits per heavy atom. The third-order valence-electron chi connectivity index (χ3n) is 4.01. The number of amides is 1. The van der Waals surface area contributed by atoms with E-state index in [1.54, 1.807) is 6.20 Å². The molecule has 0 radical (unpaired) electrons. The number of hydrogen-bond acceptors (Lipinski definition) is 5. The van der Waals surface area contributed by atoms with Crippen molar-refractivity contribution in [1.82, 2.24) is 15.3 Å². The molecule has 2 aromatic heterocycles. The first-order chi connectivity index (χ1) is 10.6. The monoisotopic (exact) mass is 317 g/mol. The van der Waals surface area contributed by atoms with Crippen LogP contribution in [-0.4, -0.2) is 33.1 Å². The van der Waals surface area contributed by atoms with Gasteiger partial charge in [0.25, 0.3) is 0 Å². The van der Waals surface area contributed by atoms with Gasteiger partial charge < -0.3 is 10.4 Å². The van der Waals surface area contributed by atoms with Crippen molar-refractivity contribution in [3.8, 4) is 10.7 Å². The van der Waals surface area contributed by atoms with Crippen molar-refractivity contribution in [3.63, 3.8) is 0 Å². The molecule has 1 fully saturated rings. The van der Waals surface area contributed by atoms with Crippen LogP contribution in [0.4, 0.5) is 0 Å². The maximum atomic E-state index is 12.2. The number of carbonyl (C=O) groups excluding carboxylic acids is 1. The van der Waals surface area contributed by atoms with Crippen LogP contribution in [0.1, 0.15) is 25.5 Å². The van der Waals surface area contributed by atoms with Crippen molar-refractivity contribution >= 4 is 17.2 Å². The molecule has 0 aliphatic heterocycles. The summed E-state index contributed by atoms with van der Waals surface area (Å²) in [7, 11) is 0. The summed E-state index contributed by atoms with van der Waals surface area (Å²) in [6, 6.07) is 5.68. The van der Waals surface area contributed by atoms with Crippen LogP contribution in [0.2, 0.25) is 0 Å². The van der Waals surface area contributed by atoms with Gasteiger partial charge in [0, 0.05) is 11.6 Å². The smallest absolute Gasteiger partial charge is 0.226 e. The van der Waals surface area contributed by atoms with Crippen LogP contribution < -0.4 is 5.32 Å². The number of aromatic nitrogens is 2. The molecule has 6 heteroatoms. The van der Waals surface area contributed by atoms with Gasteiger partial charge in [-0.1, -0.05) is 6.07 Å². The molecule has 0 bridgehead atoms. The highest BCUT2D eigenvalue weighted by atomic mass is 32.1. The number of hydrogen-bond donors (Lipinski definition) is 2. The van der Waals surface area contributed by atoms with Gasteiger partial charge in [-0.2, -0.15) is 0 Å². The second-order valence-electron chi connectivity index (χ2n) is 5.93. The zero-order valence-corrected chi connectivity index (χ0v) is 13.3. The molecule has 1 amide bonds. The van der Waals surface area contributed by atoms with Crippen LogP contribution in [0.5, 0.6) is 0 Å². The Bertz CT molecular complexity index is 654. The van der Waals surface area contributed by atoms with Gasteiger partial charge in [-0.3, -0.25) is 9.78 Å². The zero-order valence-electron chi connectivity index (χ0n) is 12.5. The van der Waals surface area contributed by atoms with Crippen LogP contribution in [0.15, 0.2) is 29.8 Å². The lowest BCUT2D eigenvalue weighted by Crippen LogP contribution is -2.51. The van der Waals surface area contributed by atoms with E-state index >= 15 is 0 Å². The van der Waals surface area contributed by atoms with Gasteiger partial charge in [0.1, 0.15) is 5.01 Å². The van der Waals surface area contributed by atoms with Crippen LogP contribution in [0.25, 0.3) is 10.7 Å². The normalized spacial score (nSPS) is 17.0. The Hall–Kier alpha value is -1.79. The molecule has 1 saturated carbocycles. The quantitative estimate of drug-likeness (QED) is 0.855. The lowest BCUT2D eigenvalue weighted by atomic mass is 9.96. The summed E-state index contributed by atoms with van der Waals surface area (Å²) in [5, 5.41) is 15.2. The molecule has 5 nitrogen and oxygen atoms in total. The number of thiazole rings is 1. The maximum Gasteiger partial charge on any atom is 0.226 e. The van der Waals surface area contributed by atoms with Crippen molar-refractivity contribution in [2.45, 2.75) is 31.7 Å². The average molecular weight is 317 g/mol. The highest BCUT2D eigenvalue weighted by molar-refractivity contribution is 7.13. The molecule has 2 aromatic rings. The zero-order chi connectivity index (χ0) is 15.6. The predicted molar refractivity (Wildman–Crippen MR) is 85.4 cm³/mol. The number of rotatable bonds is 6. The van der Waals surface area contributed by atoms with Gasteiger partial charge in [-0.25, -0.2) is 4.98 Å². The Kier molecular flexibility index (Phi) is 4.22. The Labute approximate surface area is 133 Å². The molecule has 1 unspecified atom stereocenters. The molecule has 1 atom stereocenters. The van der Waals surface area contributed by atoms with E-state index in [0.717, 1.165) is 29.2 Å². The summed E-state index contributed by atoms with van der Waals surface area (Å²) >= 11 is 1.48. The van der Waals surface area contributed by atoms with E-state index in [1.165, 1.54) is 11.3 Å². The Balaban J connectivity index is 1.64. The minimum absolute atomic E-state index is 0.0281. The Morgan fingerprint density at radius 1 is 1.50 bits per heavy atom. The molecule has 116 valence electrons. The van der Waals surface area contributed by atoms with Crippen molar-refractivity contribution in [3.05, 3.63) is 35.5 Å². The average Bonchev–Trinajstić information content (AvgIpc) is 3.29. The van der Waals surface area contributed by atoms with E-state index < -0.39 is 5.54 Å². The highest BCUT2D eigenvalue weighted by Crippen LogP contribution is 2.39. The van der Waals surface area contributed by atoms with Gasteiger partial charge in [-0.15, -0.1) is 11.3 Å². The first-order valence-electron chi connectivity index (χ1n) is 7.38. The fourth-order valence-corrected chi connectivity index (χ4v) is 3.31. The van der Waals surface area contributed by atoms with E-state index in [-0.39, 0.29) is 18.9 Å². The standard InChI is InChI=1S/C16H19N3O2S/c1-16(10-20,11-5-6-11)19-14(21)8-12-9-22-15(18-12)13-4-2-3-7-17-13/h2-4,7,9,11,20H,5-6,8,10H2,1H3,(H,19,21). The number of nitrogens with one attached hydrogen (secondary N) is 1. The van der Waals surface area contributed by atoms with Crippen LogP contribution in [0, 0.1) is 5.92 Å². The van der Waals surface area contributed by atoms with Crippen molar-refractivity contribution in [2.75, 3.05) is 6.61 Å². The summed E-state index contributed by atoms with van der Waals surface area (Å²) in [5.41, 5.74) is 1.05. The molecular formula is C16H19N3O2S. The molecule has 0 spiro atoms. The molecule has 1 aliphatic rings. The maximum absolute atomic E-state index is 12.2. The van der Waals surface area contributed by atoms with E-state index in [2.05, 4.69) is 15.3 Å². The molecule has 0 aromatic carbocycles. The summed E-state index contributed by atoms with van der Waals surface area (Å²) in [4.78, 5) is 20.9. The van der Waals surface area contributed by atoms with Crippen molar-refractivity contribution in [2.24, 2.45) is 5.92 Å². The molecule has 1 aliphatic carbocycles. The first-order valence-corrected chi connectivity index (χ1v) is 8.26. The molecule has 0 saturated heterocycles. The van der Waals surface area contributed by atoms with E-state index in [1.807, 2.05) is 30.5 Å². The fourth-order valence-electron chi connectivity index (χ4n) is 2.51. The number of nitrogens with zero attached hydrogens (tertiary/aromatic N) is 2. The second kappa shape index (κ2) is 6.14. The topological polar surface area (TPSA) is 75.1 Å². The minimum atomic E-state index is -0.503. The number of pyridine rings is 1. The van der Waals surface area contributed by atoms with Crippen LogP contribution >= 0.6 is 11.3 Å². The van der Waals surface area contributed by atoms with Gasteiger partial charge >= 0.3 is 0 Å². The van der Waals surface area contributed by atoms with Gasteiger partial charge in [0.05, 0.1) is 30.0 Å². The summed E-state index contributed by atoms with van der Waals surface area (Å²) in [6.45, 7) is 1.88. The summed E-state index contributed by atoms with van der Waals surface area (Å²) < 4.78 is 0. The second-order valence-corrected chi connectivity index (χ2v) is 6.79. The van der Waals surface area contributed by atoms with Crippen molar-refractivity contribution in [1.29, 1.82) is 0 Å². The lowest BCUT2D eigenvalue weighted by Gasteiger charge is -2.28. The first kappa shape index (κ1) is 15.1. The van der Waals surface area contributed by atoms with E-state index in [9.17, 15) is 9.90 Å². The predicted octanol–water partition coefficient (Wildman–Crippen LogP) is 2.02. The highest BCUT2D eigenvalue weighted by Gasteiger charge is 2.42. The largest absolute Gasteiger partial charge is 0.394 e. The molecule has 22 heavy (non-hydrogen) atoms. The summed E-state index contributed by atoms with van der Waals surface area (Å²) in [6.07, 6.45) is 4.09. The number of aliphatic hydroxyl groups is 1. The number of aliphatic hydroxyl groups excluding tert-OH is 1. The third kappa shape index (κ3) is 3.34. The van der Waals surface area contributed by atoms with Gasteiger partial charge in [0.15, 0.2) is 0 Å². The molecular weight excluding hydrogens is 298 g/mol. The van der Waals surface area contributed by atoms with Crippen molar-refractivity contribution < 1.29 is 9.90 Å². The fraction of sp³-hybridized carbons (Fsp3) is 0.438. The molecule has 2 heterocycles. The van der Waals surface area contributed by atoms with Crippen LogP contribution in [-0.2, 0) is 11.2 Å². The summed E-state index contributed by atoms with van der Waals surface area (Å²) in [5.74, 6) is 0.294. The van der Waals surface area contributed by atoms with E-state index in [0.29, 0.717) is 5.92 Å².